The third-order valence-corrected chi connectivity index (χ3v) is 1.59. The van der Waals surface area contributed by atoms with Crippen molar-refractivity contribution < 1.29 is 22.3 Å². The number of nitrogens with one attached hydrogen (secondary N) is 1. The van der Waals surface area contributed by atoms with Gasteiger partial charge in [0.2, 0.25) is 11.8 Å². The minimum absolute atomic E-state index is 0.245. The minimum Gasteiger partial charge on any atom is -0.463 e. The molecule has 0 aromatic carbocycles. The fourth-order valence-corrected chi connectivity index (χ4v) is 0.738. The molecule has 0 spiro atoms. The molecule has 0 amide bonds. The number of halogens is 4. The zero-order chi connectivity index (χ0) is 12.3. The minimum atomic E-state index is -4.60. The van der Waals surface area contributed by atoms with Gasteiger partial charge < -0.3 is 4.74 Å². The molecule has 1 heterocycles. The summed E-state index contributed by atoms with van der Waals surface area (Å²) in [6, 6.07) is 0. The molecule has 0 saturated heterocycles. The summed E-state index contributed by atoms with van der Waals surface area (Å²) in [6.07, 6.45) is -6.13. The van der Waals surface area contributed by atoms with E-state index in [-0.39, 0.29) is 5.95 Å². The number of aromatic nitrogens is 2. The summed E-state index contributed by atoms with van der Waals surface area (Å²) in [5.74, 6) is 2.75. The summed E-state index contributed by atoms with van der Waals surface area (Å²) in [5.41, 5.74) is 1.96. The molecule has 1 aromatic heterocycles. The predicted molar refractivity (Wildman–Crippen MR) is 45.9 cm³/mol. The third kappa shape index (κ3) is 2.92. The molecule has 0 radical (unpaired) electrons. The number of rotatable bonds is 3. The molecule has 16 heavy (non-hydrogen) atoms. The lowest BCUT2D eigenvalue weighted by atomic mass is 10.4. The molecule has 0 aliphatic rings. The van der Waals surface area contributed by atoms with Crippen LogP contribution in [0, 0.1) is 5.82 Å². The predicted octanol–water partition coefficient (Wildman–Crippen LogP) is 1.23. The molecule has 3 N–H and O–H groups in total. The Morgan fingerprint density at radius 1 is 1.50 bits per heavy atom. The molecule has 1 rings (SSSR count). The number of ether oxygens (including phenoxy) is 1. The zero-order valence-electron chi connectivity index (χ0n) is 8.05. The number of hydrogen-bond acceptors (Lipinski definition) is 5. The van der Waals surface area contributed by atoms with Crippen molar-refractivity contribution in [3.63, 3.8) is 0 Å². The van der Waals surface area contributed by atoms with E-state index in [2.05, 4.69) is 14.7 Å². The van der Waals surface area contributed by atoms with E-state index in [4.69, 9.17) is 5.84 Å². The second-order valence-electron chi connectivity index (χ2n) is 2.79. The number of nitrogens with zero attached hydrogens (tertiary/aromatic N) is 2. The first-order valence-corrected chi connectivity index (χ1v) is 4.07. The highest BCUT2D eigenvalue weighted by molar-refractivity contribution is 5.26. The topological polar surface area (TPSA) is 73.1 Å². The van der Waals surface area contributed by atoms with E-state index in [0.717, 1.165) is 6.92 Å². The Kier molecular flexibility index (Phi) is 3.48. The van der Waals surface area contributed by atoms with Gasteiger partial charge in [-0.3, -0.25) is 5.43 Å². The Bertz CT molecular complexity index is 370. The molecule has 1 aromatic rings. The Morgan fingerprint density at radius 2 is 2.12 bits per heavy atom. The number of alkyl halides is 3. The number of hydrogen-bond donors (Lipinski definition) is 2. The maximum atomic E-state index is 13.0. The second-order valence-corrected chi connectivity index (χ2v) is 2.79. The van der Waals surface area contributed by atoms with Crippen molar-refractivity contribution >= 4 is 5.95 Å². The summed E-state index contributed by atoms with van der Waals surface area (Å²) in [7, 11) is 0. The van der Waals surface area contributed by atoms with Gasteiger partial charge in [-0.1, -0.05) is 0 Å². The summed E-state index contributed by atoms with van der Waals surface area (Å²) in [6.45, 7) is 0.733. The molecule has 0 saturated carbocycles. The van der Waals surface area contributed by atoms with Crippen LogP contribution in [0.5, 0.6) is 5.88 Å². The normalized spacial score (nSPS) is 13.4. The van der Waals surface area contributed by atoms with E-state index in [1.54, 1.807) is 0 Å². The maximum Gasteiger partial charge on any atom is 0.425 e. The van der Waals surface area contributed by atoms with Crippen LogP contribution in [0.4, 0.5) is 23.5 Å². The van der Waals surface area contributed by atoms with E-state index in [9.17, 15) is 17.6 Å². The first-order valence-electron chi connectivity index (χ1n) is 4.07. The van der Waals surface area contributed by atoms with Gasteiger partial charge in [0, 0.05) is 0 Å². The van der Waals surface area contributed by atoms with E-state index in [1.165, 1.54) is 0 Å². The average molecular weight is 240 g/mol. The molecule has 1 unspecified atom stereocenters. The number of anilines is 1. The van der Waals surface area contributed by atoms with Crippen molar-refractivity contribution in [3.8, 4) is 5.88 Å². The van der Waals surface area contributed by atoms with Gasteiger partial charge in [-0.2, -0.15) is 22.5 Å². The van der Waals surface area contributed by atoms with Crippen molar-refractivity contribution in [3.05, 3.63) is 12.0 Å². The van der Waals surface area contributed by atoms with Crippen LogP contribution in [0.15, 0.2) is 6.20 Å². The van der Waals surface area contributed by atoms with Gasteiger partial charge >= 0.3 is 6.18 Å². The average Bonchev–Trinajstić information content (AvgIpc) is 2.19. The van der Waals surface area contributed by atoms with E-state index in [0.29, 0.717) is 6.20 Å². The van der Waals surface area contributed by atoms with Crippen LogP contribution < -0.4 is 16.0 Å². The summed E-state index contributed by atoms with van der Waals surface area (Å²) < 4.78 is 53.6. The van der Waals surface area contributed by atoms with Crippen molar-refractivity contribution in [2.45, 2.75) is 19.2 Å². The Labute approximate surface area is 87.6 Å². The molecule has 0 fully saturated rings. The highest BCUT2D eigenvalue weighted by Gasteiger charge is 2.38. The Hall–Kier alpha value is -1.64. The lowest BCUT2D eigenvalue weighted by Crippen LogP contribution is -2.32. The van der Waals surface area contributed by atoms with Crippen LogP contribution in [0.3, 0.4) is 0 Å². The highest BCUT2D eigenvalue weighted by Crippen LogP contribution is 2.25. The van der Waals surface area contributed by atoms with Crippen molar-refractivity contribution in [2.24, 2.45) is 5.84 Å². The van der Waals surface area contributed by atoms with Crippen molar-refractivity contribution in [2.75, 3.05) is 5.43 Å². The molecular formula is C7H8F4N4O. The van der Waals surface area contributed by atoms with Crippen LogP contribution in [-0.2, 0) is 0 Å². The van der Waals surface area contributed by atoms with Gasteiger partial charge in [0.15, 0.2) is 6.10 Å². The number of nitrogens with two attached hydrogens (primary N) is 1. The standard InChI is InChI=1S/C7H8F4N4O/c1-3(7(9,10)11)16-5-4(8)2-13-6(14-5)15-12/h2-3H,12H2,1H3,(H,13,14,15). The van der Waals surface area contributed by atoms with E-state index >= 15 is 0 Å². The lowest BCUT2D eigenvalue weighted by molar-refractivity contribution is -0.190. The highest BCUT2D eigenvalue weighted by atomic mass is 19.4. The molecule has 90 valence electrons. The van der Waals surface area contributed by atoms with Crippen molar-refractivity contribution in [1.29, 1.82) is 0 Å². The maximum absolute atomic E-state index is 13.0. The second kappa shape index (κ2) is 4.47. The number of nitrogen functional groups attached to an aromatic ring is 1. The first kappa shape index (κ1) is 12.4. The summed E-state index contributed by atoms with van der Waals surface area (Å²) in [5, 5.41) is 0. The van der Waals surface area contributed by atoms with Crippen LogP contribution >= 0.6 is 0 Å². The van der Waals surface area contributed by atoms with Gasteiger partial charge in [0.05, 0.1) is 6.20 Å². The van der Waals surface area contributed by atoms with Gasteiger partial charge in [-0.05, 0) is 6.92 Å². The smallest absolute Gasteiger partial charge is 0.425 e. The molecule has 9 heteroatoms. The van der Waals surface area contributed by atoms with Crippen LogP contribution in [0.2, 0.25) is 0 Å². The van der Waals surface area contributed by atoms with Gasteiger partial charge in [-0.25, -0.2) is 10.8 Å². The molecule has 0 bridgehead atoms. The van der Waals surface area contributed by atoms with Gasteiger partial charge in [0.25, 0.3) is 5.88 Å². The molecule has 0 aliphatic heterocycles. The molecule has 1 atom stereocenters. The Morgan fingerprint density at radius 3 is 2.62 bits per heavy atom. The van der Waals surface area contributed by atoms with Crippen LogP contribution in [0.1, 0.15) is 6.92 Å². The fourth-order valence-electron chi connectivity index (χ4n) is 0.738. The van der Waals surface area contributed by atoms with Crippen LogP contribution in [0.25, 0.3) is 0 Å². The number of hydrazine groups is 1. The van der Waals surface area contributed by atoms with Crippen molar-refractivity contribution in [1.82, 2.24) is 9.97 Å². The Balaban J connectivity index is 2.88. The lowest BCUT2D eigenvalue weighted by Gasteiger charge is -2.17. The first-order chi connectivity index (χ1) is 7.34. The largest absolute Gasteiger partial charge is 0.463 e. The molecule has 5 nitrogen and oxygen atoms in total. The monoisotopic (exact) mass is 240 g/mol. The fraction of sp³-hybridized carbons (Fsp3) is 0.429. The quantitative estimate of drug-likeness (QED) is 0.472. The SMILES string of the molecule is CC(Oc1nc(NN)ncc1F)C(F)(F)F. The van der Waals surface area contributed by atoms with Gasteiger partial charge in [-0.15, -0.1) is 0 Å². The summed E-state index contributed by atoms with van der Waals surface area (Å²) >= 11 is 0. The van der Waals surface area contributed by atoms with E-state index in [1.807, 2.05) is 5.43 Å². The third-order valence-electron chi connectivity index (χ3n) is 1.59. The van der Waals surface area contributed by atoms with E-state index < -0.39 is 24.0 Å². The molecular weight excluding hydrogens is 232 g/mol. The zero-order valence-corrected chi connectivity index (χ0v) is 8.05. The van der Waals surface area contributed by atoms with Gasteiger partial charge in [0.1, 0.15) is 0 Å². The molecule has 0 aliphatic carbocycles. The summed E-state index contributed by atoms with van der Waals surface area (Å²) in [4.78, 5) is 6.64. The van der Waals surface area contributed by atoms with Crippen LogP contribution in [-0.4, -0.2) is 22.2 Å².